The Bertz CT molecular complexity index is 2330. The zero-order valence-corrected chi connectivity index (χ0v) is 32.8. The minimum atomic E-state index is -0.695. The molecule has 288 valence electrons. The van der Waals surface area contributed by atoms with Gasteiger partial charge >= 0.3 is 6.09 Å². The summed E-state index contributed by atoms with van der Waals surface area (Å²) in [5, 5.41) is 8.56. The standard InChI is InChI=1S/C40H47N9O5S/c1-19(2)30(41-21(5)50)38(51)48-15-8-10-29(48)36-43-26-18-27-34(33(26)46-36)55-37(44-27)23-11-13-24-22(17-23)12-14-25-32(24)45-35(42-25)28-9-7-16-49(28)39(52)31(20(3)4)47-40(53)54-6/h11-14,17,19-20,28-31H,7-10,15-16,18H2,1-6H3,(H,41,50)(H,42,45)(H,43,46)(H,47,53)/t28-,29-,30-,31-/m0/s1. The fraction of sp³-hybridized carbons (Fsp3) is 0.475. The number of hydrogen-bond donors (Lipinski definition) is 4. The number of hydrogen-bond acceptors (Lipinski definition) is 9. The summed E-state index contributed by atoms with van der Waals surface area (Å²) in [6.45, 7) is 10.4. The first-order valence-corrected chi connectivity index (χ1v) is 20.0. The number of carbonyl (C=O) groups excluding carboxylic acids is 4. The molecule has 2 saturated heterocycles. The molecule has 0 unspecified atom stereocenters. The summed E-state index contributed by atoms with van der Waals surface area (Å²) < 4.78 is 4.78. The van der Waals surface area contributed by atoms with Gasteiger partial charge in [-0.3, -0.25) is 14.4 Å². The Labute approximate surface area is 322 Å². The number of rotatable bonds is 9. The molecule has 4 N–H and O–H groups in total. The number of benzene rings is 2. The summed E-state index contributed by atoms with van der Waals surface area (Å²) in [6.07, 6.45) is 3.32. The van der Waals surface area contributed by atoms with Crippen molar-refractivity contribution in [3.63, 3.8) is 0 Å². The average Bonchev–Trinajstić information content (AvgIpc) is 4.00. The molecule has 4 amide bonds. The number of ether oxygens (including phenoxy) is 1. The topological polar surface area (TPSA) is 178 Å². The van der Waals surface area contributed by atoms with Gasteiger partial charge in [0.15, 0.2) is 0 Å². The molecule has 5 heterocycles. The number of aromatic amines is 2. The third-order valence-electron chi connectivity index (χ3n) is 11.2. The van der Waals surface area contributed by atoms with E-state index in [9.17, 15) is 19.2 Å². The Kier molecular flexibility index (Phi) is 9.60. The van der Waals surface area contributed by atoms with Crippen LogP contribution >= 0.6 is 11.3 Å². The summed E-state index contributed by atoms with van der Waals surface area (Å²) in [5.74, 6) is 0.973. The third kappa shape index (κ3) is 6.61. The van der Waals surface area contributed by atoms with E-state index in [0.29, 0.717) is 19.5 Å². The number of methoxy groups -OCH3 is 1. The number of amides is 4. The van der Waals surface area contributed by atoms with E-state index >= 15 is 0 Å². The Morgan fingerprint density at radius 3 is 2.13 bits per heavy atom. The lowest BCUT2D eigenvalue weighted by atomic mass is 10.0. The van der Waals surface area contributed by atoms with Gasteiger partial charge in [-0.05, 0) is 55.0 Å². The maximum atomic E-state index is 13.7. The summed E-state index contributed by atoms with van der Waals surface area (Å²) >= 11 is 1.64. The van der Waals surface area contributed by atoms with E-state index in [4.69, 9.17) is 19.7 Å². The lowest BCUT2D eigenvalue weighted by molar-refractivity contribution is -0.138. The molecule has 0 saturated carbocycles. The van der Waals surface area contributed by atoms with E-state index in [1.54, 1.807) is 11.3 Å². The number of aromatic nitrogens is 5. The van der Waals surface area contributed by atoms with Crippen molar-refractivity contribution >= 4 is 57.0 Å². The van der Waals surface area contributed by atoms with Crippen LogP contribution in [0.25, 0.3) is 42.9 Å². The predicted octanol–water partition coefficient (Wildman–Crippen LogP) is 6.00. The molecule has 3 aromatic heterocycles. The number of fused-ring (bicyclic) bond motifs is 6. The van der Waals surface area contributed by atoms with Crippen molar-refractivity contribution in [2.45, 2.75) is 90.9 Å². The number of alkyl carbamates (subject to hydrolysis) is 1. The normalized spacial score (nSPS) is 19.0. The minimum Gasteiger partial charge on any atom is -0.453 e. The van der Waals surface area contributed by atoms with Crippen LogP contribution in [0, 0.1) is 11.8 Å². The average molecular weight is 766 g/mol. The molecule has 0 spiro atoms. The van der Waals surface area contributed by atoms with Gasteiger partial charge in [-0.2, -0.15) is 0 Å². The molecule has 8 rings (SSSR count). The zero-order chi connectivity index (χ0) is 38.7. The largest absolute Gasteiger partial charge is 0.453 e. The van der Waals surface area contributed by atoms with Crippen molar-refractivity contribution in [1.82, 2.24) is 45.4 Å². The lowest BCUT2D eigenvalue weighted by Gasteiger charge is -2.30. The van der Waals surface area contributed by atoms with Crippen LogP contribution in [0.15, 0.2) is 30.3 Å². The van der Waals surface area contributed by atoms with Gasteiger partial charge in [-0.25, -0.2) is 19.7 Å². The second kappa shape index (κ2) is 14.4. The Hall–Kier alpha value is -5.31. The number of likely N-dealkylation sites (tertiary alicyclic amines) is 2. The van der Waals surface area contributed by atoms with E-state index in [-0.39, 0.29) is 41.6 Å². The van der Waals surface area contributed by atoms with Crippen LogP contribution in [0.1, 0.15) is 95.4 Å². The number of imidazole rings is 2. The van der Waals surface area contributed by atoms with Gasteiger partial charge in [0, 0.05) is 37.4 Å². The van der Waals surface area contributed by atoms with E-state index in [2.05, 4.69) is 44.9 Å². The van der Waals surface area contributed by atoms with E-state index < -0.39 is 18.2 Å². The number of nitrogens with zero attached hydrogens (tertiary/aromatic N) is 5. The summed E-state index contributed by atoms with van der Waals surface area (Å²) in [6, 6.07) is 8.78. The fourth-order valence-electron chi connectivity index (χ4n) is 8.39. The Balaban J connectivity index is 1.03. The molecule has 14 nitrogen and oxygen atoms in total. The Morgan fingerprint density at radius 2 is 1.49 bits per heavy atom. The summed E-state index contributed by atoms with van der Waals surface area (Å²) in [5.41, 5.74) is 5.69. The first-order valence-electron chi connectivity index (χ1n) is 19.2. The first kappa shape index (κ1) is 36.7. The van der Waals surface area contributed by atoms with E-state index in [1.807, 2.05) is 43.6 Å². The highest BCUT2D eigenvalue weighted by atomic mass is 32.1. The smallest absolute Gasteiger partial charge is 0.407 e. The van der Waals surface area contributed by atoms with Gasteiger partial charge in [0.05, 0.1) is 52.2 Å². The van der Waals surface area contributed by atoms with E-state index in [0.717, 1.165) is 91.7 Å². The van der Waals surface area contributed by atoms with Gasteiger partial charge < -0.3 is 35.1 Å². The van der Waals surface area contributed by atoms with Gasteiger partial charge in [0.25, 0.3) is 0 Å². The second-order valence-corrected chi connectivity index (χ2v) is 16.6. The quantitative estimate of drug-likeness (QED) is 0.138. The monoisotopic (exact) mass is 765 g/mol. The number of nitrogens with one attached hydrogen (secondary N) is 4. The third-order valence-corrected chi connectivity index (χ3v) is 12.3. The van der Waals surface area contributed by atoms with Crippen LogP contribution in [0.5, 0.6) is 0 Å². The molecule has 0 bridgehead atoms. The highest BCUT2D eigenvalue weighted by Gasteiger charge is 2.40. The highest BCUT2D eigenvalue weighted by Crippen LogP contribution is 2.44. The number of thiazole rings is 1. The van der Waals surface area contributed by atoms with Crippen molar-refractivity contribution in [2.24, 2.45) is 11.8 Å². The molecule has 2 fully saturated rings. The SMILES string of the molecule is COC(=O)N[C@H](C(=O)N1CCC[C@H]1c1nc2ccc3cc(-c4nc5c(s4)-c4[nH]c([C@@H]6CCCN6C(=O)[C@@H](NC(C)=O)C(C)C)nc4C5)ccc3c2[nH]1)C(C)C. The number of carbonyl (C=O) groups is 4. The molecule has 5 aromatic rings. The molecule has 0 radical (unpaired) electrons. The van der Waals surface area contributed by atoms with Crippen LogP contribution in [-0.4, -0.2) is 90.8 Å². The van der Waals surface area contributed by atoms with Crippen molar-refractivity contribution < 1.29 is 23.9 Å². The van der Waals surface area contributed by atoms with Crippen molar-refractivity contribution in [3.05, 3.63) is 53.4 Å². The van der Waals surface area contributed by atoms with Gasteiger partial charge in [-0.15, -0.1) is 11.3 Å². The molecule has 15 heteroatoms. The summed E-state index contributed by atoms with van der Waals surface area (Å²) in [7, 11) is 1.29. The molecule has 4 atom stereocenters. The zero-order valence-electron chi connectivity index (χ0n) is 32.0. The van der Waals surface area contributed by atoms with Crippen LogP contribution < -0.4 is 10.6 Å². The van der Waals surface area contributed by atoms with Gasteiger partial charge in [-0.1, -0.05) is 45.9 Å². The first-order chi connectivity index (χ1) is 26.4. The Morgan fingerprint density at radius 1 is 0.836 bits per heavy atom. The molecular formula is C40H47N9O5S. The second-order valence-electron chi connectivity index (χ2n) is 15.6. The van der Waals surface area contributed by atoms with Crippen LogP contribution in [0.2, 0.25) is 0 Å². The molecule has 1 aliphatic carbocycles. The van der Waals surface area contributed by atoms with Crippen LogP contribution in [0.3, 0.4) is 0 Å². The van der Waals surface area contributed by atoms with Gasteiger partial charge in [0.2, 0.25) is 17.7 Å². The van der Waals surface area contributed by atoms with Gasteiger partial charge in [0.1, 0.15) is 28.7 Å². The minimum absolute atomic E-state index is 0.0301. The molecular weight excluding hydrogens is 719 g/mol. The van der Waals surface area contributed by atoms with Crippen molar-refractivity contribution in [3.8, 4) is 21.1 Å². The fourth-order valence-corrected chi connectivity index (χ4v) is 9.49. The lowest BCUT2D eigenvalue weighted by Crippen LogP contribution is -2.51. The maximum Gasteiger partial charge on any atom is 0.407 e. The van der Waals surface area contributed by atoms with Crippen molar-refractivity contribution in [2.75, 3.05) is 20.2 Å². The van der Waals surface area contributed by atoms with Crippen LogP contribution in [-0.2, 0) is 25.5 Å². The van der Waals surface area contributed by atoms with Crippen LogP contribution in [0.4, 0.5) is 4.79 Å². The van der Waals surface area contributed by atoms with E-state index in [1.165, 1.54) is 14.0 Å². The molecule has 55 heavy (non-hydrogen) atoms. The number of H-pyrrole nitrogens is 2. The van der Waals surface area contributed by atoms with Crippen molar-refractivity contribution in [1.29, 1.82) is 0 Å². The molecule has 2 aromatic carbocycles. The maximum absolute atomic E-state index is 13.7. The molecule has 3 aliphatic rings. The summed E-state index contributed by atoms with van der Waals surface area (Å²) in [4.78, 5) is 78.1. The predicted molar refractivity (Wildman–Crippen MR) is 209 cm³/mol. The molecule has 2 aliphatic heterocycles. The highest BCUT2D eigenvalue weighted by molar-refractivity contribution is 7.18.